The van der Waals surface area contributed by atoms with Gasteiger partial charge in [-0.05, 0) is 25.1 Å². The van der Waals surface area contributed by atoms with Crippen molar-refractivity contribution in [2.75, 3.05) is 18.8 Å². The summed E-state index contributed by atoms with van der Waals surface area (Å²) in [5.41, 5.74) is 7.06. The molecule has 0 spiro atoms. The highest BCUT2D eigenvalue weighted by molar-refractivity contribution is 5.82. The number of piperazine rings is 1. The number of amides is 1. The van der Waals surface area contributed by atoms with E-state index in [0.29, 0.717) is 18.8 Å². The molecule has 2 rings (SSSR count). The lowest BCUT2D eigenvalue weighted by Crippen LogP contribution is -2.53. The van der Waals surface area contributed by atoms with Crippen LogP contribution < -0.4 is 11.1 Å². The van der Waals surface area contributed by atoms with Gasteiger partial charge in [0.25, 0.3) is 0 Å². The van der Waals surface area contributed by atoms with Gasteiger partial charge in [0, 0.05) is 30.9 Å². The summed E-state index contributed by atoms with van der Waals surface area (Å²) in [7, 11) is 0. The number of nitrogens with two attached hydrogens (primary N) is 1. The minimum atomic E-state index is -0.176. The number of carbonyl (C=O) groups is 1. The Kier molecular flexibility index (Phi) is 3.19. The standard InChI is InChI=1S/C12H17N3O2/c1-8-12(17)14-4-5-15(8)7-9-6-10(13)2-3-11(9)16/h2-3,6,8,16H,4-5,7,13H2,1H3,(H,14,17). The minimum absolute atomic E-state index is 0.0274. The highest BCUT2D eigenvalue weighted by Crippen LogP contribution is 2.22. The van der Waals surface area contributed by atoms with E-state index in [1.54, 1.807) is 18.2 Å². The van der Waals surface area contributed by atoms with E-state index in [4.69, 9.17) is 5.73 Å². The van der Waals surface area contributed by atoms with E-state index < -0.39 is 0 Å². The van der Waals surface area contributed by atoms with Crippen molar-refractivity contribution in [3.8, 4) is 5.75 Å². The molecular formula is C12H17N3O2. The van der Waals surface area contributed by atoms with E-state index in [9.17, 15) is 9.90 Å². The number of aromatic hydroxyl groups is 1. The summed E-state index contributed by atoms with van der Waals surface area (Å²) in [6.07, 6.45) is 0. The molecule has 4 N–H and O–H groups in total. The lowest BCUT2D eigenvalue weighted by molar-refractivity contribution is -0.128. The molecule has 17 heavy (non-hydrogen) atoms. The fourth-order valence-corrected chi connectivity index (χ4v) is 2.00. The van der Waals surface area contributed by atoms with E-state index in [1.165, 1.54) is 0 Å². The molecule has 1 fully saturated rings. The number of phenolic OH excluding ortho intramolecular Hbond substituents is 1. The van der Waals surface area contributed by atoms with E-state index in [2.05, 4.69) is 5.32 Å². The summed E-state index contributed by atoms with van der Waals surface area (Å²) < 4.78 is 0. The number of hydrogen-bond acceptors (Lipinski definition) is 4. The molecular weight excluding hydrogens is 218 g/mol. The van der Waals surface area contributed by atoms with Crippen molar-refractivity contribution in [3.63, 3.8) is 0 Å². The first kappa shape index (κ1) is 11.7. The van der Waals surface area contributed by atoms with Crippen LogP contribution in [0.3, 0.4) is 0 Å². The molecule has 1 aliphatic rings. The van der Waals surface area contributed by atoms with Gasteiger partial charge in [0.15, 0.2) is 0 Å². The Morgan fingerprint density at radius 3 is 3.12 bits per heavy atom. The number of anilines is 1. The molecule has 1 saturated heterocycles. The van der Waals surface area contributed by atoms with Crippen LogP contribution in [0.5, 0.6) is 5.75 Å². The van der Waals surface area contributed by atoms with Gasteiger partial charge in [-0.25, -0.2) is 0 Å². The average Bonchev–Trinajstić information content (AvgIpc) is 2.30. The lowest BCUT2D eigenvalue weighted by Gasteiger charge is -2.32. The predicted octanol–water partition coefficient (Wildman–Crippen LogP) is 0.295. The molecule has 1 unspecified atom stereocenters. The monoisotopic (exact) mass is 235 g/mol. The predicted molar refractivity (Wildman–Crippen MR) is 65.4 cm³/mol. The SMILES string of the molecule is CC1C(=O)NCCN1Cc1cc(N)ccc1O. The van der Waals surface area contributed by atoms with E-state index in [-0.39, 0.29) is 17.7 Å². The third kappa shape index (κ3) is 2.50. The third-order valence-corrected chi connectivity index (χ3v) is 3.10. The molecule has 0 aliphatic carbocycles. The van der Waals surface area contributed by atoms with Gasteiger partial charge in [-0.1, -0.05) is 0 Å². The quantitative estimate of drug-likeness (QED) is 0.508. The van der Waals surface area contributed by atoms with Gasteiger partial charge in [0.1, 0.15) is 5.75 Å². The zero-order valence-electron chi connectivity index (χ0n) is 9.81. The van der Waals surface area contributed by atoms with Crippen LogP contribution >= 0.6 is 0 Å². The van der Waals surface area contributed by atoms with Crippen LogP contribution in [0.25, 0.3) is 0 Å². The second-order valence-electron chi connectivity index (χ2n) is 4.33. The van der Waals surface area contributed by atoms with Crippen LogP contribution in [0.15, 0.2) is 18.2 Å². The number of hydrogen-bond donors (Lipinski definition) is 3. The molecule has 1 aromatic rings. The van der Waals surface area contributed by atoms with Gasteiger partial charge >= 0.3 is 0 Å². The van der Waals surface area contributed by atoms with Crippen molar-refractivity contribution >= 4 is 11.6 Å². The normalized spacial score (nSPS) is 21.2. The molecule has 0 radical (unpaired) electrons. The molecule has 0 saturated carbocycles. The van der Waals surface area contributed by atoms with Gasteiger partial charge in [-0.3, -0.25) is 9.69 Å². The van der Waals surface area contributed by atoms with Gasteiger partial charge in [-0.2, -0.15) is 0 Å². The Bertz CT molecular complexity index is 434. The maximum absolute atomic E-state index is 11.5. The number of carbonyl (C=O) groups excluding carboxylic acids is 1. The number of rotatable bonds is 2. The second-order valence-corrected chi connectivity index (χ2v) is 4.33. The molecule has 92 valence electrons. The molecule has 0 bridgehead atoms. The average molecular weight is 235 g/mol. The first-order valence-electron chi connectivity index (χ1n) is 5.67. The summed E-state index contributed by atoms with van der Waals surface area (Å²) in [5.74, 6) is 0.247. The van der Waals surface area contributed by atoms with Crippen LogP contribution in [-0.4, -0.2) is 35.0 Å². The maximum atomic E-state index is 11.5. The van der Waals surface area contributed by atoms with Crippen LogP contribution in [0.1, 0.15) is 12.5 Å². The van der Waals surface area contributed by atoms with Crippen molar-refractivity contribution in [1.29, 1.82) is 0 Å². The number of benzene rings is 1. The number of nitrogens with one attached hydrogen (secondary N) is 1. The van der Waals surface area contributed by atoms with E-state index in [1.807, 2.05) is 11.8 Å². The van der Waals surface area contributed by atoms with Gasteiger partial charge in [0.2, 0.25) is 5.91 Å². The zero-order valence-corrected chi connectivity index (χ0v) is 9.81. The van der Waals surface area contributed by atoms with Crippen molar-refractivity contribution < 1.29 is 9.90 Å². The minimum Gasteiger partial charge on any atom is -0.508 e. The first-order valence-corrected chi connectivity index (χ1v) is 5.67. The molecule has 1 heterocycles. The van der Waals surface area contributed by atoms with Crippen molar-refractivity contribution in [1.82, 2.24) is 10.2 Å². The highest BCUT2D eigenvalue weighted by Gasteiger charge is 2.25. The Hall–Kier alpha value is -1.75. The first-order chi connectivity index (χ1) is 8.08. The molecule has 1 aliphatic heterocycles. The Labute approximate surface area is 100 Å². The molecule has 1 amide bonds. The molecule has 1 atom stereocenters. The van der Waals surface area contributed by atoms with Crippen molar-refractivity contribution in [2.24, 2.45) is 0 Å². The fraction of sp³-hybridized carbons (Fsp3) is 0.417. The number of nitrogens with zero attached hydrogens (tertiary/aromatic N) is 1. The Morgan fingerprint density at radius 1 is 1.59 bits per heavy atom. The zero-order chi connectivity index (χ0) is 12.4. The van der Waals surface area contributed by atoms with Crippen LogP contribution in [0, 0.1) is 0 Å². The molecule has 0 aromatic heterocycles. The van der Waals surface area contributed by atoms with Crippen LogP contribution in [0.4, 0.5) is 5.69 Å². The van der Waals surface area contributed by atoms with E-state index in [0.717, 1.165) is 12.1 Å². The van der Waals surface area contributed by atoms with E-state index >= 15 is 0 Å². The highest BCUT2D eigenvalue weighted by atomic mass is 16.3. The summed E-state index contributed by atoms with van der Waals surface area (Å²) in [6, 6.07) is 4.81. The lowest BCUT2D eigenvalue weighted by atomic mass is 10.1. The second kappa shape index (κ2) is 4.63. The Balaban J connectivity index is 2.14. The van der Waals surface area contributed by atoms with Gasteiger partial charge < -0.3 is 16.2 Å². The van der Waals surface area contributed by atoms with Crippen molar-refractivity contribution in [3.05, 3.63) is 23.8 Å². The summed E-state index contributed by atoms with van der Waals surface area (Å²) in [6.45, 7) is 3.82. The largest absolute Gasteiger partial charge is 0.508 e. The third-order valence-electron chi connectivity index (χ3n) is 3.10. The number of phenols is 1. The van der Waals surface area contributed by atoms with Gasteiger partial charge in [0.05, 0.1) is 6.04 Å². The topological polar surface area (TPSA) is 78.6 Å². The Morgan fingerprint density at radius 2 is 2.35 bits per heavy atom. The van der Waals surface area contributed by atoms with Crippen molar-refractivity contribution in [2.45, 2.75) is 19.5 Å². The maximum Gasteiger partial charge on any atom is 0.237 e. The van der Waals surface area contributed by atoms with Crippen LogP contribution in [-0.2, 0) is 11.3 Å². The molecule has 5 nitrogen and oxygen atoms in total. The summed E-state index contributed by atoms with van der Waals surface area (Å²) >= 11 is 0. The van der Waals surface area contributed by atoms with Gasteiger partial charge in [-0.15, -0.1) is 0 Å². The smallest absolute Gasteiger partial charge is 0.237 e. The summed E-state index contributed by atoms with van der Waals surface area (Å²) in [4.78, 5) is 13.5. The summed E-state index contributed by atoms with van der Waals surface area (Å²) in [5, 5.41) is 12.5. The van der Waals surface area contributed by atoms with Crippen LogP contribution in [0.2, 0.25) is 0 Å². The molecule has 5 heteroatoms. The molecule has 1 aromatic carbocycles. The fourth-order valence-electron chi connectivity index (χ4n) is 2.00. The number of nitrogen functional groups attached to an aromatic ring is 1.